The van der Waals surface area contributed by atoms with Crippen LogP contribution in [0.2, 0.25) is 0 Å². The summed E-state index contributed by atoms with van der Waals surface area (Å²) in [4.78, 5) is 0. The lowest BCUT2D eigenvalue weighted by molar-refractivity contribution is 0.556. The summed E-state index contributed by atoms with van der Waals surface area (Å²) >= 11 is 0. The molecule has 0 unspecified atom stereocenters. The highest BCUT2D eigenvalue weighted by molar-refractivity contribution is 6.25. The Bertz CT molecular complexity index is 1650. The van der Waals surface area contributed by atoms with Gasteiger partial charge in [-0.15, -0.1) is 0 Å². The van der Waals surface area contributed by atoms with E-state index >= 15 is 0 Å². The Morgan fingerprint density at radius 2 is 0.936 bits per heavy atom. The van der Waals surface area contributed by atoms with Crippen LogP contribution in [0.15, 0.2) is 71.3 Å². The Morgan fingerprint density at radius 3 is 1.45 bits per heavy atom. The maximum atomic E-state index is 4.06. The lowest BCUT2D eigenvalue weighted by atomic mass is 9.85. The van der Waals surface area contributed by atoms with Crippen LogP contribution >= 0.6 is 0 Å². The first kappa shape index (κ1) is 37.0. The molecule has 5 rings (SSSR count). The second kappa shape index (κ2) is 18.6. The molecule has 0 bridgehead atoms. The first-order valence-corrected chi connectivity index (χ1v) is 19.5. The fourth-order valence-electron chi connectivity index (χ4n) is 7.82. The van der Waals surface area contributed by atoms with Gasteiger partial charge in [-0.1, -0.05) is 146 Å². The summed E-state index contributed by atoms with van der Waals surface area (Å²) < 4.78 is 0. The molecule has 0 saturated heterocycles. The third-order valence-electron chi connectivity index (χ3n) is 10.9. The lowest BCUT2D eigenvalue weighted by Gasteiger charge is -2.19. The summed E-state index contributed by atoms with van der Waals surface area (Å²) in [6.07, 6.45) is 26.2. The van der Waals surface area contributed by atoms with E-state index in [4.69, 9.17) is 0 Å². The van der Waals surface area contributed by atoms with Gasteiger partial charge in [0.15, 0.2) is 0 Å². The zero-order valence-corrected chi connectivity index (χ0v) is 31.5. The number of hydrogen-bond acceptors (Lipinski definition) is 0. The number of rotatable bonds is 17. The van der Waals surface area contributed by atoms with Gasteiger partial charge in [-0.2, -0.15) is 0 Å². The van der Waals surface area contributed by atoms with Crippen molar-refractivity contribution in [3.8, 4) is 0 Å². The van der Waals surface area contributed by atoms with E-state index in [-0.39, 0.29) is 0 Å². The minimum absolute atomic E-state index is 1.08. The van der Waals surface area contributed by atoms with Crippen molar-refractivity contribution >= 4 is 32.3 Å². The number of allylic oxidation sites excluding steroid dienone is 5. The van der Waals surface area contributed by atoms with Gasteiger partial charge in [0.25, 0.3) is 0 Å². The predicted molar refractivity (Wildman–Crippen MR) is 214 cm³/mol. The van der Waals surface area contributed by atoms with Gasteiger partial charge in [-0.3, -0.25) is 0 Å². The van der Waals surface area contributed by atoms with E-state index in [9.17, 15) is 0 Å². The molecule has 4 aromatic carbocycles. The Labute approximate surface area is 289 Å². The molecule has 1 aliphatic rings. The maximum absolute atomic E-state index is 4.06. The van der Waals surface area contributed by atoms with Crippen LogP contribution in [0, 0.1) is 13.8 Å². The highest BCUT2D eigenvalue weighted by Crippen LogP contribution is 2.41. The van der Waals surface area contributed by atoms with Gasteiger partial charge >= 0.3 is 0 Å². The second-order valence-corrected chi connectivity index (χ2v) is 14.8. The van der Waals surface area contributed by atoms with E-state index in [0.717, 1.165) is 6.42 Å². The topological polar surface area (TPSA) is 0 Å². The molecule has 0 N–H and O–H groups in total. The smallest absolute Gasteiger partial charge is 0.00212 e. The van der Waals surface area contributed by atoms with Crippen molar-refractivity contribution in [1.82, 2.24) is 0 Å². The molecule has 0 saturated carbocycles. The van der Waals surface area contributed by atoms with Crippen LogP contribution in [-0.2, 0) is 12.8 Å². The first-order valence-electron chi connectivity index (χ1n) is 19.5. The van der Waals surface area contributed by atoms with E-state index in [2.05, 4.69) is 97.5 Å². The molecule has 0 heteroatoms. The highest BCUT2D eigenvalue weighted by atomic mass is 14.2. The van der Waals surface area contributed by atoms with Crippen LogP contribution in [0.5, 0.6) is 0 Å². The lowest BCUT2D eigenvalue weighted by Crippen LogP contribution is -1.98. The summed E-state index contributed by atoms with van der Waals surface area (Å²) in [6, 6.07) is 14.6. The Morgan fingerprint density at radius 1 is 0.511 bits per heavy atom. The molecule has 0 fully saturated rings. The third-order valence-corrected chi connectivity index (χ3v) is 10.9. The monoisotopic (exact) mass is 631 g/mol. The van der Waals surface area contributed by atoms with E-state index in [1.54, 1.807) is 16.7 Å². The fourth-order valence-corrected chi connectivity index (χ4v) is 7.82. The minimum atomic E-state index is 1.08. The molecule has 0 spiro atoms. The van der Waals surface area contributed by atoms with Crippen molar-refractivity contribution in [2.75, 3.05) is 0 Å². The van der Waals surface area contributed by atoms with Crippen LogP contribution in [-0.4, -0.2) is 0 Å². The van der Waals surface area contributed by atoms with Crippen molar-refractivity contribution in [3.05, 3.63) is 93.6 Å². The maximum Gasteiger partial charge on any atom is -0.00212 e. The molecule has 4 aromatic rings. The fraction of sp³-hybridized carbons (Fsp3) is 0.532. The van der Waals surface area contributed by atoms with Gasteiger partial charge in [-0.25, -0.2) is 0 Å². The van der Waals surface area contributed by atoms with Gasteiger partial charge in [0.2, 0.25) is 0 Å². The van der Waals surface area contributed by atoms with Crippen LogP contribution < -0.4 is 0 Å². The summed E-state index contributed by atoms with van der Waals surface area (Å²) in [5, 5.41) is 8.94. The van der Waals surface area contributed by atoms with E-state index in [1.807, 2.05) is 0 Å². The van der Waals surface area contributed by atoms with Crippen molar-refractivity contribution in [3.63, 3.8) is 0 Å². The number of aryl methyl sites for hydroxylation is 4. The molecule has 0 amide bonds. The molecule has 47 heavy (non-hydrogen) atoms. The minimum Gasteiger partial charge on any atom is -0.0952 e. The predicted octanol–water partition coefficient (Wildman–Crippen LogP) is 15.4. The Kier molecular flexibility index (Phi) is 14.6. The molecular weight excluding hydrogens is 565 g/mol. The summed E-state index contributed by atoms with van der Waals surface area (Å²) in [6.45, 7) is 19.9. The van der Waals surface area contributed by atoms with Gasteiger partial charge in [0.1, 0.15) is 0 Å². The normalized spacial score (nSPS) is 13.6. The van der Waals surface area contributed by atoms with E-state index in [1.165, 1.54) is 169 Å². The Hall–Kier alpha value is -2.86. The van der Waals surface area contributed by atoms with E-state index < -0.39 is 0 Å². The van der Waals surface area contributed by atoms with Gasteiger partial charge in [0, 0.05) is 0 Å². The zero-order chi connectivity index (χ0) is 33.8. The highest BCUT2D eigenvalue weighted by Gasteiger charge is 2.16. The summed E-state index contributed by atoms with van der Waals surface area (Å²) in [7, 11) is 0. The van der Waals surface area contributed by atoms with Crippen molar-refractivity contribution in [2.24, 2.45) is 0 Å². The van der Waals surface area contributed by atoms with Crippen molar-refractivity contribution in [1.29, 1.82) is 0 Å². The number of benzene rings is 4. The van der Waals surface area contributed by atoms with Crippen LogP contribution in [0.25, 0.3) is 32.3 Å². The zero-order valence-electron chi connectivity index (χ0n) is 31.5. The first-order chi connectivity index (χ1) is 22.8. The Balaban J connectivity index is 0.000000323. The largest absolute Gasteiger partial charge is 0.0952 e. The molecule has 0 heterocycles. The molecule has 254 valence electrons. The standard InChI is InChI=1S/C34H46.C13H20/c1-5-7-9-10-11-12-13-14-15-16-18-28-24-26(4)30-20-19-29-25(3)23-27(17-8-6-2)31-21-22-32(28)34(30)33(29)31;1-5-6-7-13-9-11(3)10(2)8-12(13)4/h19-24H,5-18H2,1-4H3;9H,2,5-8H2,1,3-4H3. The van der Waals surface area contributed by atoms with Gasteiger partial charge < -0.3 is 0 Å². The average molecular weight is 631 g/mol. The average Bonchev–Trinajstić information content (AvgIpc) is 3.06. The van der Waals surface area contributed by atoms with Crippen LogP contribution in [0.1, 0.15) is 160 Å². The molecule has 0 radical (unpaired) electrons. The molecule has 1 aliphatic carbocycles. The summed E-state index contributed by atoms with van der Waals surface area (Å²) in [5.41, 5.74) is 11.7. The van der Waals surface area contributed by atoms with E-state index in [0.29, 0.717) is 0 Å². The molecule has 0 nitrogen and oxygen atoms in total. The quantitative estimate of drug-likeness (QED) is 0.0804. The van der Waals surface area contributed by atoms with Crippen LogP contribution in [0.3, 0.4) is 0 Å². The second-order valence-electron chi connectivity index (χ2n) is 14.8. The molecular formula is C47H66. The molecule has 0 aromatic heterocycles. The van der Waals surface area contributed by atoms with Gasteiger partial charge in [0.05, 0.1) is 0 Å². The summed E-state index contributed by atoms with van der Waals surface area (Å²) in [5.74, 6) is 0. The third kappa shape index (κ3) is 9.62. The van der Waals surface area contributed by atoms with Crippen molar-refractivity contribution in [2.45, 2.75) is 164 Å². The molecule has 0 atom stereocenters. The number of hydrogen-bond donors (Lipinski definition) is 0. The number of unbranched alkanes of at least 4 members (excludes halogenated alkanes) is 11. The van der Waals surface area contributed by atoms with Crippen molar-refractivity contribution < 1.29 is 0 Å². The molecule has 0 aliphatic heterocycles. The van der Waals surface area contributed by atoms with Gasteiger partial charge in [-0.05, 0) is 144 Å². The van der Waals surface area contributed by atoms with Crippen LogP contribution in [0.4, 0.5) is 0 Å². The SMILES string of the molecule is C=C1CC(C)=C(CCCC)C=C1C.CCCCCCCCCCCCc1cc(C)c2ccc3c(C)cc(CCCC)c4ccc1c2c34.